The number of nitrogens with zero attached hydrogens (tertiary/aromatic N) is 2. The summed E-state index contributed by atoms with van der Waals surface area (Å²) in [5.74, 6) is -0.671. The number of benzene rings is 1. The van der Waals surface area contributed by atoms with E-state index in [0.717, 1.165) is 19.4 Å². The summed E-state index contributed by atoms with van der Waals surface area (Å²) in [6.07, 6.45) is 2.26. The average molecular weight is 344 g/mol. The van der Waals surface area contributed by atoms with Crippen LogP contribution >= 0.6 is 15.9 Å². The highest BCUT2D eigenvalue weighted by Gasteiger charge is 2.25. The Balaban J connectivity index is 2.12. The Morgan fingerprint density at radius 3 is 2.90 bits per heavy atom. The van der Waals surface area contributed by atoms with Gasteiger partial charge in [0, 0.05) is 24.1 Å². The molecule has 1 aromatic carbocycles. The van der Waals surface area contributed by atoms with Crippen LogP contribution in [-0.2, 0) is 0 Å². The molecule has 1 aliphatic heterocycles. The molecular formula is C14H19BrFN3O. The Hall–Kier alpha value is -1.14. The van der Waals surface area contributed by atoms with Crippen LogP contribution in [-0.4, -0.2) is 48.9 Å². The van der Waals surface area contributed by atoms with E-state index in [1.54, 1.807) is 11.9 Å². The van der Waals surface area contributed by atoms with Crippen molar-refractivity contribution in [2.45, 2.75) is 18.9 Å². The molecular weight excluding hydrogens is 325 g/mol. The van der Waals surface area contributed by atoms with E-state index in [2.05, 4.69) is 27.9 Å². The van der Waals surface area contributed by atoms with E-state index < -0.39 is 5.82 Å². The molecule has 20 heavy (non-hydrogen) atoms. The third-order valence-corrected chi connectivity index (χ3v) is 4.48. The van der Waals surface area contributed by atoms with Crippen LogP contribution < -0.4 is 5.73 Å². The van der Waals surface area contributed by atoms with Gasteiger partial charge in [0.25, 0.3) is 5.91 Å². The first-order valence-corrected chi connectivity index (χ1v) is 7.39. The van der Waals surface area contributed by atoms with Crippen molar-refractivity contribution in [1.29, 1.82) is 0 Å². The van der Waals surface area contributed by atoms with E-state index in [1.807, 2.05) is 0 Å². The summed E-state index contributed by atoms with van der Waals surface area (Å²) >= 11 is 3.22. The number of carbonyl (C=O) groups excluding carboxylic acids is 1. The van der Waals surface area contributed by atoms with Gasteiger partial charge >= 0.3 is 0 Å². The second-order valence-corrected chi connectivity index (χ2v) is 6.17. The lowest BCUT2D eigenvalue weighted by Gasteiger charge is -2.26. The van der Waals surface area contributed by atoms with Crippen LogP contribution in [0.1, 0.15) is 23.2 Å². The zero-order chi connectivity index (χ0) is 14.9. The highest BCUT2D eigenvalue weighted by Crippen LogP contribution is 2.24. The number of anilines is 1. The van der Waals surface area contributed by atoms with Crippen molar-refractivity contribution < 1.29 is 9.18 Å². The molecule has 2 N–H and O–H groups in total. The predicted octanol–water partition coefficient (Wildman–Crippen LogP) is 2.34. The molecule has 0 aromatic heterocycles. The Bertz CT molecular complexity index is 523. The van der Waals surface area contributed by atoms with Crippen LogP contribution in [0.2, 0.25) is 0 Å². The zero-order valence-corrected chi connectivity index (χ0v) is 13.3. The van der Waals surface area contributed by atoms with E-state index in [0.29, 0.717) is 22.6 Å². The van der Waals surface area contributed by atoms with E-state index >= 15 is 0 Å². The lowest BCUT2D eigenvalue weighted by atomic mass is 10.1. The van der Waals surface area contributed by atoms with Crippen LogP contribution in [0.25, 0.3) is 0 Å². The minimum absolute atomic E-state index is 0.0112. The van der Waals surface area contributed by atoms with E-state index in [9.17, 15) is 9.18 Å². The number of rotatable bonds is 3. The van der Waals surface area contributed by atoms with E-state index in [4.69, 9.17) is 5.73 Å². The Morgan fingerprint density at radius 1 is 1.60 bits per heavy atom. The van der Waals surface area contributed by atoms with Gasteiger partial charge in [-0.25, -0.2) is 4.39 Å². The van der Waals surface area contributed by atoms with Gasteiger partial charge in [-0.1, -0.05) is 0 Å². The number of likely N-dealkylation sites (N-methyl/N-ethyl adjacent to an activating group) is 2. The predicted molar refractivity (Wildman–Crippen MR) is 81.1 cm³/mol. The largest absolute Gasteiger partial charge is 0.396 e. The zero-order valence-electron chi connectivity index (χ0n) is 11.7. The van der Waals surface area contributed by atoms with E-state index in [-0.39, 0.29) is 11.6 Å². The number of hydrogen-bond donors (Lipinski definition) is 1. The summed E-state index contributed by atoms with van der Waals surface area (Å²) in [6, 6.07) is 3.01. The molecule has 0 spiro atoms. The Morgan fingerprint density at radius 2 is 2.30 bits per heavy atom. The number of carbonyl (C=O) groups is 1. The van der Waals surface area contributed by atoms with Crippen molar-refractivity contribution >= 4 is 27.5 Å². The van der Waals surface area contributed by atoms with E-state index in [1.165, 1.54) is 12.1 Å². The molecule has 1 amide bonds. The SMILES string of the molecule is CN(CC1CCCN1C)C(=O)c1cc(N)c(F)cc1Br. The molecule has 4 nitrogen and oxygen atoms in total. The Labute approximate surface area is 126 Å². The maximum atomic E-state index is 13.3. The highest BCUT2D eigenvalue weighted by atomic mass is 79.9. The molecule has 1 atom stereocenters. The molecule has 1 unspecified atom stereocenters. The number of amides is 1. The summed E-state index contributed by atoms with van der Waals surface area (Å²) in [6.45, 7) is 1.74. The molecule has 0 aliphatic carbocycles. The van der Waals surface area contributed by atoms with Crippen molar-refractivity contribution in [2.24, 2.45) is 0 Å². The van der Waals surface area contributed by atoms with Crippen LogP contribution in [0.4, 0.5) is 10.1 Å². The number of nitrogens with two attached hydrogens (primary N) is 1. The fourth-order valence-electron chi connectivity index (χ4n) is 2.54. The topological polar surface area (TPSA) is 49.6 Å². The standard InChI is InChI=1S/C14H19BrFN3O/c1-18-5-3-4-9(18)8-19(2)14(20)10-6-13(17)12(16)7-11(10)15/h6-7,9H,3-5,8,17H2,1-2H3. The maximum Gasteiger partial charge on any atom is 0.254 e. The summed E-state index contributed by atoms with van der Waals surface area (Å²) in [5.41, 5.74) is 5.92. The minimum Gasteiger partial charge on any atom is -0.396 e. The number of halogens is 2. The molecule has 1 aliphatic rings. The van der Waals surface area contributed by atoms with Gasteiger partial charge < -0.3 is 15.5 Å². The van der Waals surface area contributed by atoms with Gasteiger partial charge in [0.15, 0.2) is 0 Å². The molecule has 2 rings (SSSR count). The summed E-state index contributed by atoms with van der Waals surface area (Å²) in [4.78, 5) is 16.4. The normalized spacial score (nSPS) is 19.3. The molecule has 1 aromatic rings. The third-order valence-electron chi connectivity index (χ3n) is 3.82. The Kier molecular flexibility index (Phi) is 4.65. The molecule has 0 bridgehead atoms. The first kappa shape index (κ1) is 15.3. The van der Waals surface area contributed by atoms with Gasteiger partial charge in [0.05, 0.1) is 11.3 Å². The molecule has 0 radical (unpaired) electrons. The van der Waals surface area contributed by atoms with Crippen molar-refractivity contribution in [3.8, 4) is 0 Å². The summed E-state index contributed by atoms with van der Waals surface area (Å²) in [7, 11) is 3.84. The van der Waals surface area contributed by atoms with Gasteiger partial charge in [-0.3, -0.25) is 4.79 Å². The molecule has 1 fully saturated rings. The van der Waals surface area contributed by atoms with Crippen LogP contribution in [0, 0.1) is 5.82 Å². The van der Waals surface area contributed by atoms with Crippen molar-refractivity contribution in [3.05, 3.63) is 28.0 Å². The third kappa shape index (κ3) is 3.12. The fourth-order valence-corrected chi connectivity index (χ4v) is 3.03. The number of likely N-dealkylation sites (tertiary alicyclic amines) is 1. The van der Waals surface area contributed by atoms with Crippen molar-refractivity contribution in [2.75, 3.05) is 32.9 Å². The first-order valence-electron chi connectivity index (χ1n) is 6.60. The van der Waals surface area contributed by atoms with Crippen LogP contribution in [0.3, 0.4) is 0 Å². The molecule has 6 heteroatoms. The lowest BCUT2D eigenvalue weighted by molar-refractivity contribution is 0.0760. The van der Waals surface area contributed by atoms with Crippen LogP contribution in [0.5, 0.6) is 0 Å². The molecule has 0 saturated carbocycles. The highest BCUT2D eigenvalue weighted by molar-refractivity contribution is 9.10. The van der Waals surface area contributed by atoms with Gasteiger partial charge in [0.2, 0.25) is 0 Å². The summed E-state index contributed by atoms with van der Waals surface area (Å²) < 4.78 is 13.7. The monoisotopic (exact) mass is 343 g/mol. The van der Waals surface area contributed by atoms with Crippen LogP contribution in [0.15, 0.2) is 16.6 Å². The molecule has 1 saturated heterocycles. The second-order valence-electron chi connectivity index (χ2n) is 5.32. The smallest absolute Gasteiger partial charge is 0.254 e. The second kappa shape index (κ2) is 6.10. The number of nitrogen functional groups attached to an aromatic ring is 1. The first-order chi connectivity index (χ1) is 9.40. The van der Waals surface area contributed by atoms with Crippen molar-refractivity contribution in [3.63, 3.8) is 0 Å². The van der Waals surface area contributed by atoms with Crippen molar-refractivity contribution in [1.82, 2.24) is 9.80 Å². The maximum absolute atomic E-state index is 13.3. The quantitative estimate of drug-likeness (QED) is 0.857. The van der Waals surface area contributed by atoms with Gasteiger partial charge in [0.1, 0.15) is 5.82 Å². The fraction of sp³-hybridized carbons (Fsp3) is 0.500. The van der Waals surface area contributed by atoms with Gasteiger partial charge in [-0.05, 0) is 54.5 Å². The van der Waals surface area contributed by atoms with Gasteiger partial charge in [-0.15, -0.1) is 0 Å². The molecule has 110 valence electrons. The molecule has 1 heterocycles. The minimum atomic E-state index is -0.522. The van der Waals surface area contributed by atoms with Gasteiger partial charge in [-0.2, -0.15) is 0 Å². The lowest BCUT2D eigenvalue weighted by Crippen LogP contribution is -2.39. The summed E-state index contributed by atoms with van der Waals surface area (Å²) in [5, 5.41) is 0. The number of hydrogen-bond acceptors (Lipinski definition) is 3. The average Bonchev–Trinajstić information content (AvgIpc) is 2.78.